The predicted octanol–water partition coefficient (Wildman–Crippen LogP) is 4.83. The van der Waals surface area contributed by atoms with Crippen molar-refractivity contribution < 1.29 is 14.6 Å². The van der Waals surface area contributed by atoms with Gasteiger partial charge in [0.05, 0.1) is 32.7 Å². The lowest BCUT2D eigenvalue weighted by atomic mass is 10.1. The number of hydrogen-bond donors (Lipinski definition) is 1. The van der Waals surface area contributed by atoms with Crippen LogP contribution < -0.4 is 15.2 Å². The number of ether oxygens (including phenoxy) is 1. The molecule has 9 nitrogen and oxygen atoms in total. The average Bonchev–Trinajstić information content (AvgIpc) is 3.64. The molecule has 2 fully saturated rings. The third-order valence-corrected chi connectivity index (χ3v) is 9.45. The summed E-state index contributed by atoms with van der Waals surface area (Å²) in [5, 5.41) is 11.3. The molecule has 2 aromatic carbocycles. The van der Waals surface area contributed by atoms with Crippen molar-refractivity contribution >= 4 is 49.9 Å². The Balaban J connectivity index is 1.38. The van der Waals surface area contributed by atoms with Crippen molar-refractivity contribution in [3.8, 4) is 16.9 Å². The van der Waals surface area contributed by atoms with Crippen LogP contribution in [0.1, 0.15) is 23.7 Å². The molecule has 0 saturated carbocycles. The van der Waals surface area contributed by atoms with Gasteiger partial charge in [0.2, 0.25) is 0 Å². The highest BCUT2D eigenvalue weighted by Crippen LogP contribution is 2.35. The van der Waals surface area contributed by atoms with Crippen LogP contribution >= 0.6 is 22.9 Å². The summed E-state index contributed by atoms with van der Waals surface area (Å²) in [7, 11) is 1.72. The van der Waals surface area contributed by atoms with Crippen LogP contribution in [0.25, 0.3) is 27.2 Å². The van der Waals surface area contributed by atoms with Crippen molar-refractivity contribution in [2.75, 3.05) is 62.7 Å². The van der Waals surface area contributed by atoms with E-state index in [2.05, 4.69) is 21.6 Å². The highest BCUT2D eigenvalue weighted by atomic mass is 35.5. The lowest BCUT2D eigenvalue weighted by Gasteiger charge is -2.33. The monoisotopic (exact) mass is 593 g/mol. The fourth-order valence-electron chi connectivity index (χ4n) is 5.63. The molecule has 2 saturated heterocycles. The minimum absolute atomic E-state index is 0.169. The number of fused-ring (bicyclic) bond motifs is 1. The number of carboxylic acids is 1. The number of carbonyl (C=O) groups is 1. The van der Waals surface area contributed by atoms with Crippen molar-refractivity contribution in [2.24, 2.45) is 0 Å². The second-order valence-corrected chi connectivity index (χ2v) is 11.9. The first kappa shape index (κ1) is 27.7. The number of aromatic carboxylic acids is 1. The average molecular weight is 594 g/mol. The molecule has 2 aromatic heterocycles. The van der Waals surface area contributed by atoms with Gasteiger partial charge >= 0.3 is 5.97 Å². The van der Waals surface area contributed by atoms with Crippen LogP contribution in [-0.2, 0) is 4.74 Å². The van der Waals surface area contributed by atoms with Gasteiger partial charge in [-0.3, -0.25) is 4.79 Å². The smallest absolute Gasteiger partial charge is 0.341 e. The number of likely N-dealkylation sites (N-methyl/N-ethyl adjacent to an activating group) is 1. The van der Waals surface area contributed by atoms with E-state index in [1.807, 2.05) is 36.4 Å². The van der Waals surface area contributed by atoms with Crippen LogP contribution in [0.2, 0.25) is 5.02 Å². The minimum Gasteiger partial charge on any atom is -0.477 e. The predicted molar refractivity (Wildman–Crippen MR) is 165 cm³/mol. The van der Waals surface area contributed by atoms with Gasteiger partial charge in [-0.1, -0.05) is 35.9 Å². The zero-order valence-corrected chi connectivity index (χ0v) is 24.6. The molecule has 6 rings (SSSR count). The molecule has 214 valence electrons. The van der Waals surface area contributed by atoms with Gasteiger partial charge in [0.1, 0.15) is 5.56 Å². The van der Waals surface area contributed by atoms with Gasteiger partial charge in [0.25, 0.3) is 0 Å². The van der Waals surface area contributed by atoms with E-state index >= 15 is 0 Å². The topological polar surface area (TPSA) is 91.1 Å². The first-order valence-electron chi connectivity index (χ1n) is 13.8. The van der Waals surface area contributed by atoms with E-state index < -0.39 is 11.4 Å². The highest BCUT2D eigenvalue weighted by molar-refractivity contribution is 7.22. The number of anilines is 2. The largest absolute Gasteiger partial charge is 0.477 e. The number of aromatic nitrogens is 2. The van der Waals surface area contributed by atoms with Gasteiger partial charge in [-0.25, -0.2) is 9.78 Å². The molecule has 1 atom stereocenters. The van der Waals surface area contributed by atoms with Crippen LogP contribution in [0.15, 0.2) is 53.5 Å². The van der Waals surface area contributed by atoms with Crippen molar-refractivity contribution in [2.45, 2.75) is 19.4 Å². The Hall–Kier alpha value is -3.44. The number of rotatable bonds is 7. The fourth-order valence-corrected chi connectivity index (χ4v) is 6.98. The number of hydrogen-bond acceptors (Lipinski definition) is 8. The Labute approximate surface area is 247 Å². The summed E-state index contributed by atoms with van der Waals surface area (Å²) in [6, 6.07) is 12.9. The van der Waals surface area contributed by atoms with E-state index in [1.54, 1.807) is 23.0 Å². The van der Waals surface area contributed by atoms with E-state index in [-0.39, 0.29) is 11.7 Å². The van der Waals surface area contributed by atoms with Crippen LogP contribution in [0.3, 0.4) is 0 Å². The molecule has 1 N–H and O–H groups in total. The van der Waals surface area contributed by atoms with Crippen molar-refractivity contribution in [1.29, 1.82) is 0 Å². The first-order valence-corrected chi connectivity index (χ1v) is 15.0. The number of thiazole rings is 1. The number of pyridine rings is 1. The molecule has 0 unspecified atom stereocenters. The normalized spacial score (nSPS) is 18.0. The van der Waals surface area contributed by atoms with Gasteiger partial charge in [0, 0.05) is 69.9 Å². The Morgan fingerprint density at radius 2 is 1.90 bits per heavy atom. The maximum absolute atomic E-state index is 12.8. The standard InChI is InChI=1S/C30H32ClN5O4S/c1-3-33-10-12-34(13-11-33)30-32-24-6-5-20(15-28(24)41-30)36-18-22(29(38)39)27(37)16-26(36)19-4-7-25(23(31)14-19)35-9-8-21(17-35)40-2/h4-7,14-16,18,21H,3,8-13,17H2,1-2H3,(H,38,39)/t21-/m1/s1. The molecular formula is C30H32ClN5O4S. The van der Waals surface area contributed by atoms with E-state index in [4.69, 9.17) is 21.3 Å². The highest BCUT2D eigenvalue weighted by Gasteiger charge is 2.25. The van der Waals surface area contributed by atoms with Crippen molar-refractivity contribution in [1.82, 2.24) is 14.5 Å². The van der Waals surface area contributed by atoms with Crippen molar-refractivity contribution in [3.05, 3.63) is 69.5 Å². The summed E-state index contributed by atoms with van der Waals surface area (Å²) in [6.45, 7) is 8.75. The maximum atomic E-state index is 12.8. The lowest BCUT2D eigenvalue weighted by molar-refractivity contribution is 0.0695. The minimum atomic E-state index is -1.27. The van der Waals surface area contributed by atoms with E-state index in [1.165, 1.54) is 12.3 Å². The van der Waals surface area contributed by atoms with E-state index in [9.17, 15) is 14.7 Å². The van der Waals surface area contributed by atoms with Gasteiger partial charge in [-0.05, 0) is 43.3 Å². The second kappa shape index (κ2) is 11.4. The number of piperazine rings is 1. The third-order valence-electron chi connectivity index (χ3n) is 8.07. The molecule has 0 radical (unpaired) electrons. The molecule has 0 spiro atoms. The molecule has 4 heterocycles. The van der Waals surface area contributed by atoms with E-state index in [0.717, 1.165) is 79.0 Å². The molecule has 2 aliphatic rings. The van der Waals surface area contributed by atoms with Gasteiger partial charge in [0.15, 0.2) is 10.6 Å². The quantitative estimate of drug-likeness (QED) is 0.326. The molecule has 0 aliphatic carbocycles. The molecule has 11 heteroatoms. The van der Waals surface area contributed by atoms with E-state index in [0.29, 0.717) is 16.3 Å². The third kappa shape index (κ3) is 5.44. The van der Waals surface area contributed by atoms with Crippen molar-refractivity contribution in [3.63, 3.8) is 0 Å². The molecule has 2 aliphatic heterocycles. The zero-order valence-electron chi connectivity index (χ0n) is 23.0. The maximum Gasteiger partial charge on any atom is 0.341 e. The molecule has 4 aromatic rings. The zero-order chi connectivity index (χ0) is 28.7. The summed E-state index contributed by atoms with van der Waals surface area (Å²) in [5.41, 5.74) is 2.96. The summed E-state index contributed by atoms with van der Waals surface area (Å²) >= 11 is 8.39. The fraction of sp³-hybridized carbons (Fsp3) is 0.367. The number of carboxylic acid groups (broad SMARTS) is 1. The Morgan fingerprint density at radius 1 is 1.10 bits per heavy atom. The molecule has 0 amide bonds. The summed E-state index contributed by atoms with van der Waals surface area (Å²) < 4.78 is 8.25. The Kier molecular flexibility index (Phi) is 7.74. The second-order valence-electron chi connectivity index (χ2n) is 10.4. The lowest BCUT2D eigenvalue weighted by Crippen LogP contribution is -2.46. The van der Waals surface area contributed by atoms with Gasteiger partial charge in [-0.15, -0.1) is 0 Å². The molecule has 0 bridgehead atoms. The summed E-state index contributed by atoms with van der Waals surface area (Å²) in [6.07, 6.45) is 2.50. The van der Waals surface area contributed by atoms with Gasteiger partial charge in [-0.2, -0.15) is 0 Å². The number of nitrogens with zero attached hydrogens (tertiary/aromatic N) is 5. The van der Waals surface area contributed by atoms with Crippen LogP contribution in [-0.4, -0.2) is 84.6 Å². The van der Waals surface area contributed by atoms with Crippen LogP contribution in [0.5, 0.6) is 0 Å². The molecule has 41 heavy (non-hydrogen) atoms. The SMILES string of the molecule is CCN1CCN(c2nc3ccc(-n4cc(C(=O)O)c(=O)cc4-c4ccc(N5CC[C@@H](OC)C5)c(Cl)c4)cc3s2)CC1. The number of benzene rings is 2. The Morgan fingerprint density at radius 3 is 2.59 bits per heavy atom. The van der Waals surface area contributed by atoms with Crippen LogP contribution in [0.4, 0.5) is 10.8 Å². The molecular weight excluding hydrogens is 562 g/mol. The first-order chi connectivity index (χ1) is 19.8. The summed E-state index contributed by atoms with van der Waals surface area (Å²) in [4.78, 5) is 36.6. The number of halogens is 1. The van der Waals surface area contributed by atoms with Crippen LogP contribution in [0, 0.1) is 0 Å². The van der Waals surface area contributed by atoms with Gasteiger partial charge < -0.3 is 29.1 Å². The number of methoxy groups -OCH3 is 1. The summed E-state index contributed by atoms with van der Waals surface area (Å²) in [5.74, 6) is -1.27. The Bertz CT molecular complexity index is 1660.